The fourth-order valence-electron chi connectivity index (χ4n) is 4.41. The van der Waals surface area contributed by atoms with Crippen molar-refractivity contribution in [1.82, 2.24) is 14.1 Å². The quantitative estimate of drug-likeness (QED) is 0.264. The molecule has 8 nitrogen and oxygen atoms in total. The topological polar surface area (TPSA) is 104 Å². The smallest absolute Gasteiger partial charge is 0.202 e. The van der Waals surface area contributed by atoms with Crippen molar-refractivity contribution < 1.29 is 13.9 Å². The second-order valence-electron chi connectivity index (χ2n) is 8.36. The molecule has 1 atom stereocenters. The van der Waals surface area contributed by atoms with Crippen LogP contribution in [0.5, 0.6) is 5.75 Å². The lowest BCUT2D eigenvalue weighted by Crippen LogP contribution is -2.27. The number of carbonyl (C=O) groups is 1. The van der Waals surface area contributed by atoms with E-state index in [0.717, 1.165) is 11.0 Å². The summed E-state index contributed by atoms with van der Waals surface area (Å²) in [6.45, 7) is 4.64. The molecule has 0 aliphatic carbocycles. The first-order valence-electron chi connectivity index (χ1n) is 10.9. The third-order valence-corrected chi connectivity index (χ3v) is 6.13. The molecule has 33 heavy (non-hydrogen) atoms. The molecule has 0 radical (unpaired) electrons. The largest absolute Gasteiger partial charge is 0.487 e. The van der Waals surface area contributed by atoms with Crippen LogP contribution in [0.25, 0.3) is 21.9 Å². The number of hydrogen-bond acceptors (Lipinski definition) is 6. The standard InChI is InChI=1S/C24H24FN5O3/c1-13-11-33-24-21(27-8-5-9-29-12-28-16-6-3-4-7-17(16)29)19(25)20(26)18-22(24)30(13)10-15(14(2)31)23(18)32/h3-4,6-7,10,12-13,27H,5,8-9,11,26H2,1-2H3/t13-/m1/s1. The first kappa shape index (κ1) is 21.0. The lowest BCUT2D eigenvalue weighted by Gasteiger charge is -2.29. The number of carbonyl (C=O) groups excluding carboxylic acids is 1. The van der Waals surface area contributed by atoms with Gasteiger partial charge in [0, 0.05) is 19.3 Å². The number of halogens is 1. The van der Waals surface area contributed by atoms with E-state index in [2.05, 4.69) is 10.3 Å². The fraction of sp³-hybridized carbons (Fsp3) is 0.292. The average Bonchev–Trinajstić information content (AvgIpc) is 3.21. The molecule has 3 heterocycles. The molecule has 3 N–H and O–H groups in total. The van der Waals surface area contributed by atoms with Crippen LogP contribution < -0.4 is 21.2 Å². The second-order valence-corrected chi connectivity index (χ2v) is 8.36. The summed E-state index contributed by atoms with van der Waals surface area (Å²) >= 11 is 0. The number of nitrogens with one attached hydrogen (secondary N) is 1. The zero-order valence-corrected chi connectivity index (χ0v) is 18.4. The minimum absolute atomic E-state index is 0.0124. The van der Waals surface area contributed by atoms with Crippen molar-refractivity contribution in [1.29, 1.82) is 0 Å². The maximum absolute atomic E-state index is 15.3. The Bertz CT molecular complexity index is 1470. The summed E-state index contributed by atoms with van der Waals surface area (Å²) in [4.78, 5) is 29.3. The molecule has 1 aliphatic heterocycles. The number of ether oxygens (including phenoxy) is 1. The van der Waals surface area contributed by atoms with Crippen molar-refractivity contribution >= 4 is 39.1 Å². The van der Waals surface area contributed by atoms with E-state index in [4.69, 9.17) is 10.5 Å². The molecule has 4 aromatic rings. The van der Waals surface area contributed by atoms with E-state index >= 15 is 4.39 Å². The molecule has 2 aromatic heterocycles. The molecule has 0 bridgehead atoms. The molecular formula is C24H24FN5O3. The molecule has 9 heteroatoms. The summed E-state index contributed by atoms with van der Waals surface area (Å²) < 4.78 is 25.0. The van der Waals surface area contributed by atoms with Gasteiger partial charge in [0.05, 0.1) is 45.6 Å². The number of aromatic nitrogens is 3. The third kappa shape index (κ3) is 3.31. The van der Waals surface area contributed by atoms with Crippen LogP contribution in [0, 0.1) is 5.82 Å². The molecule has 0 unspecified atom stereocenters. The van der Waals surface area contributed by atoms with E-state index < -0.39 is 11.2 Å². The van der Waals surface area contributed by atoms with E-state index in [1.165, 1.54) is 13.1 Å². The van der Waals surface area contributed by atoms with Crippen LogP contribution in [-0.2, 0) is 6.54 Å². The van der Waals surface area contributed by atoms with Gasteiger partial charge in [-0.05, 0) is 32.4 Å². The Morgan fingerprint density at radius 1 is 1.36 bits per heavy atom. The number of Topliss-reactive ketones (excluding diaryl/α,β-unsaturated/α-hetero) is 1. The molecule has 5 rings (SSSR count). The van der Waals surface area contributed by atoms with Gasteiger partial charge in [-0.1, -0.05) is 12.1 Å². The fourth-order valence-corrected chi connectivity index (χ4v) is 4.41. The number of benzene rings is 2. The maximum atomic E-state index is 15.3. The molecule has 0 spiro atoms. The monoisotopic (exact) mass is 449 g/mol. The predicted molar refractivity (Wildman–Crippen MR) is 126 cm³/mol. The Balaban J connectivity index is 1.49. The maximum Gasteiger partial charge on any atom is 0.202 e. The molecule has 2 aromatic carbocycles. The first-order chi connectivity index (χ1) is 15.9. The highest BCUT2D eigenvalue weighted by Gasteiger charge is 2.29. The van der Waals surface area contributed by atoms with E-state index in [9.17, 15) is 9.59 Å². The Morgan fingerprint density at radius 2 is 2.15 bits per heavy atom. The second kappa shape index (κ2) is 7.91. The Labute approximate surface area is 188 Å². The van der Waals surface area contributed by atoms with E-state index in [1.807, 2.05) is 35.8 Å². The summed E-state index contributed by atoms with van der Waals surface area (Å²) in [7, 11) is 0. The lowest BCUT2D eigenvalue weighted by atomic mass is 10.0. The highest BCUT2D eigenvalue weighted by atomic mass is 19.1. The van der Waals surface area contributed by atoms with Crippen molar-refractivity contribution in [3.8, 4) is 5.75 Å². The van der Waals surface area contributed by atoms with Crippen LogP contribution in [0.4, 0.5) is 15.8 Å². The van der Waals surface area contributed by atoms with Gasteiger partial charge in [0.2, 0.25) is 5.43 Å². The van der Waals surface area contributed by atoms with Crippen LogP contribution in [0.3, 0.4) is 0 Å². The summed E-state index contributed by atoms with van der Waals surface area (Å²) in [5, 5.41) is 3.10. The van der Waals surface area contributed by atoms with Crippen LogP contribution in [0.15, 0.2) is 41.6 Å². The van der Waals surface area contributed by atoms with Gasteiger partial charge in [0.1, 0.15) is 12.3 Å². The van der Waals surface area contributed by atoms with Crippen molar-refractivity contribution in [3.63, 3.8) is 0 Å². The van der Waals surface area contributed by atoms with Crippen LogP contribution in [-0.4, -0.2) is 33.1 Å². The number of para-hydroxylation sites is 2. The minimum Gasteiger partial charge on any atom is -0.487 e. The van der Waals surface area contributed by atoms with Crippen molar-refractivity contribution in [3.05, 3.63) is 58.4 Å². The van der Waals surface area contributed by atoms with Crippen molar-refractivity contribution in [2.45, 2.75) is 32.9 Å². The Morgan fingerprint density at radius 3 is 2.94 bits per heavy atom. The number of aryl methyl sites for hydroxylation is 1. The SMILES string of the molecule is CC(=O)c1cn2c3c(c(NCCCn4cnc5ccccc54)c(F)c(N)c3c1=O)OC[C@H]2C. The van der Waals surface area contributed by atoms with Crippen molar-refractivity contribution in [2.24, 2.45) is 0 Å². The molecule has 0 fully saturated rings. The van der Waals surface area contributed by atoms with Crippen molar-refractivity contribution in [2.75, 3.05) is 24.2 Å². The van der Waals surface area contributed by atoms with E-state index in [0.29, 0.717) is 25.0 Å². The number of pyridine rings is 1. The number of fused-ring (bicyclic) bond motifs is 1. The first-order valence-corrected chi connectivity index (χ1v) is 10.9. The normalized spacial score (nSPS) is 15.1. The van der Waals surface area contributed by atoms with Gasteiger partial charge < -0.3 is 24.9 Å². The average molecular weight is 449 g/mol. The summed E-state index contributed by atoms with van der Waals surface area (Å²) in [6, 6.07) is 7.72. The highest BCUT2D eigenvalue weighted by molar-refractivity contribution is 6.04. The van der Waals surface area contributed by atoms with Gasteiger partial charge in [-0.3, -0.25) is 9.59 Å². The van der Waals surface area contributed by atoms with E-state index in [-0.39, 0.29) is 46.5 Å². The van der Waals surface area contributed by atoms with Gasteiger partial charge >= 0.3 is 0 Å². The number of anilines is 2. The number of hydrogen-bond donors (Lipinski definition) is 2. The molecule has 0 saturated carbocycles. The Kier molecular flexibility index (Phi) is 5.03. The summed E-state index contributed by atoms with van der Waals surface area (Å²) in [5.41, 5.74) is 7.71. The third-order valence-electron chi connectivity index (χ3n) is 6.13. The highest BCUT2D eigenvalue weighted by Crippen LogP contribution is 2.43. The van der Waals surface area contributed by atoms with Crippen LogP contribution in [0.2, 0.25) is 0 Å². The van der Waals surface area contributed by atoms with Gasteiger partial charge in [-0.2, -0.15) is 0 Å². The summed E-state index contributed by atoms with van der Waals surface area (Å²) in [5.74, 6) is -0.889. The van der Waals surface area contributed by atoms with Gasteiger partial charge in [0.15, 0.2) is 17.3 Å². The number of nitrogens with two attached hydrogens (primary N) is 1. The molecule has 170 valence electrons. The minimum atomic E-state index is -0.746. The van der Waals surface area contributed by atoms with Gasteiger partial charge in [-0.15, -0.1) is 0 Å². The molecule has 0 saturated heterocycles. The lowest BCUT2D eigenvalue weighted by molar-refractivity contribution is 0.101. The zero-order chi connectivity index (χ0) is 23.3. The number of nitrogen functional groups attached to an aromatic ring is 1. The summed E-state index contributed by atoms with van der Waals surface area (Å²) in [6.07, 6.45) is 4.01. The number of ketones is 1. The predicted octanol–water partition coefficient (Wildman–Crippen LogP) is 3.73. The number of rotatable bonds is 6. The van der Waals surface area contributed by atoms with E-state index in [1.54, 1.807) is 10.9 Å². The zero-order valence-electron chi connectivity index (χ0n) is 18.4. The Hall–Kier alpha value is -3.88. The number of imidazole rings is 1. The van der Waals surface area contributed by atoms with Gasteiger partial charge in [-0.25, -0.2) is 9.37 Å². The number of nitrogens with zero attached hydrogens (tertiary/aromatic N) is 3. The van der Waals surface area contributed by atoms with Gasteiger partial charge in [0.25, 0.3) is 0 Å². The molecule has 1 aliphatic rings. The van der Waals surface area contributed by atoms with Crippen LogP contribution >= 0.6 is 0 Å². The van der Waals surface area contributed by atoms with Crippen LogP contribution in [0.1, 0.15) is 36.7 Å². The molecular weight excluding hydrogens is 425 g/mol. The molecule has 0 amide bonds.